The SMILES string of the molecule is Cc1ccc(NC(=S)N2CCNC(=O)[C@@H]2CC(=O)N2CCN(c3ccccc3)CC2)cc1C. The maximum Gasteiger partial charge on any atom is 0.243 e. The van der Waals surface area contributed by atoms with Crippen LogP contribution in [0.4, 0.5) is 11.4 Å². The summed E-state index contributed by atoms with van der Waals surface area (Å²) in [5, 5.41) is 6.61. The Hall–Kier alpha value is -3.13. The Labute approximate surface area is 200 Å². The van der Waals surface area contributed by atoms with E-state index < -0.39 is 6.04 Å². The molecule has 2 saturated heterocycles. The van der Waals surface area contributed by atoms with Crippen LogP contribution >= 0.6 is 12.2 Å². The fourth-order valence-electron chi connectivity index (χ4n) is 4.32. The number of thiocarbonyl (C=S) groups is 1. The monoisotopic (exact) mass is 465 g/mol. The lowest BCUT2D eigenvalue weighted by molar-refractivity contribution is -0.137. The molecule has 0 saturated carbocycles. The van der Waals surface area contributed by atoms with Crippen LogP contribution in [0, 0.1) is 13.8 Å². The van der Waals surface area contributed by atoms with E-state index in [-0.39, 0.29) is 18.2 Å². The molecule has 1 atom stereocenters. The predicted molar refractivity (Wildman–Crippen MR) is 135 cm³/mol. The Bertz CT molecular complexity index is 1020. The first-order valence-electron chi connectivity index (χ1n) is 11.4. The van der Waals surface area contributed by atoms with Gasteiger partial charge in [-0.15, -0.1) is 0 Å². The quantitative estimate of drug-likeness (QED) is 0.677. The maximum atomic E-state index is 13.1. The van der Waals surface area contributed by atoms with Crippen molar-refractivity contribution in [3.05, 3.63) is 59.7 Å². The number of hydrogen-bond donors (Lipinski definition) is 2. The predicted octanol–water partition coefficient (Wildman–Crippen LogP) is 2.54. The second-order valence-electron chi connectivity index (χ2n) is 8.64. The van der Waals surface area contributed by atoms with E-state index in [1.54, 1.807) is 0 Å². The van der Waals surface area contributed by atoms with Crippen LogP contribution in [0.5, 0.6) is 0 Å². The first kappa shape index (κ1) is 23.0. The molecule has 4 rings (SSSR count). The van der Waals surface area contributed by atoms with Gasteiger partial charge in [-0.2, -0.15) is 0 Å². The largest absolute Gasteiger partial charge is 0.368 e. The van der Waals surface area contributed by atoms with Crippen molar-refractivity contribution in [3.63, 3.8) is 0 Å². The summed E-state index contributed by atoms with van der Waals surface area (Å²) >= 11 is 5.64. The second-order valence-corrected chi connectivity index (χ2v) is 9.02. The molecule has 2 N–H and O–H groups in total. The lowest BCUT2D eigenvalue weighted by Gasteiger charge is -2.39. The molecule has 0 radical (unpaired) electrons. The fourth-order valence-corrected chi connectivity index (χ4v) is 4.66. The highest BCUT2D eigenvalue weighted by Crippen LogP contribution is 2.19. The number of piperazine rings is 2. The van der Waals surface area contributed by atoms with Crippen LogP contribution in [0.25, 0.3) is 0 Å². The van der Waals surface area contributed by atoms with Gasteiger partial charge in [0.1, 0.15) is 6.04 Å². The summed E-state index contributed by atoms with van der Waals surface area (Å²) in [5.41, 5.74) is 4.43. The van der Waals surface area contributed by atoms with Crippen LogP contribution in [-0.4, -0.2) is 72.0 Å². The third-order valence-electron chi connectivity index (χ3n) is 6.47. The molecule has 8 heteroatoms. The molecule has 2 aromatic rings. The molecule has 0 spiro atoms. The van der Waals surface area contributed by atoms with Crippen LogP contribution < -0.4 is 15.5 Å². The average molecular weight is 466 g/mol. The number of para-hydroxylation sites is 1. The minimum absolute atomic E-state index is 0.0104. The Morgan fingerprint density at radius 2 is 1.76 bits per heavy atom. The van der Waals surface area contributed by atoms with E-state index in [2.05, 4.69) is 41.5 Å². The van der Waals surface area contributed by atoms with Crippen molar-refractivity contribution in [1.29, 1.82) is 0 Å². The smallest absolute Gasteiger partial charge is 0.243 e. The highest BCUT2D eigenvalue weighted by molar-refractivity contribution is 7.80. The molecule has 2 fully saturated rings. The number of carbonyl (C=O) groups excluding carboxylic acids is 2. The summed E-state index contributed by atoms with van der Waals surface area (Å²) in [6.07, 6.45) is 0.117. The van der Waals surface area contributed by atoms with Crippen LogP contribution in [0.2, 0.25) is 0 Å². The van der Waals surface area contributed by atoms with Gasteiger partial charge >= 0.3 is 0 Å². The van der Waals surface area contributed by atoms with Gasteiger partial charge in [0.25, 0.3) is 0 Å². The van der Waals surface area contributed by atoms with Crippen molar-refractivity contribution < 1.29 is 9.59 Å². The molecule has 0 aliphatic carbocycles. The second kappa shape index (κ2) is 10.2. The number of nitrogens with zero attached hydrogens (tertiary/aromatic N) is 3. The molecule has 0 aromatic heterocycles. The maximum absolute atomic E-state index is 13.1. The zero-order valence-corrected chi connectivity index (χ0v) is 20.0. The molecule has 0 bridgehead atoms. The lowest BCUT2D eigenvalue weighted by Crippen LogP contribution is -2.60. The van der Waals surface area contributed by atoms with Gasteiger partial charge in [-0.05, 0) is 61.5 Å². The molecular formula is C25H31N5O2S. The van der Waals surface area contributed by atoms with Gasteiger partial charge in [0, 0.05) is 50.6 Å². The topological polar surface area (TPSA) is 67.9 Å². The van der Waals surface area contributed by atoms with E-state index in [9.17, 15) is 9.59 Å². The molecule has 33 heavy (non-hydrogen) atoms. The molecule has 0 unspecified atom stereocenters. The van der Waals surface area contributed by atoms with E-state index in [0.29, 0.717) is 31.3 Å². The van der Waals surface area contributed by atoms with Gasteiger partial charge in [0.05, 0.1) is 6.42 Å². The summed E-state index contributed by atoms with van der Waals surface area (Å²) in [4.78, 5) is 31.8. The number of aryl methyl sites for hydroxylation is 2. The number of amides is 2. The number of anilines is 2. The van der Waals surface area contributed by atoms with Gasteiger partial charge < -0.3 is 25.3 Å². The Morgan fingerprint density at radius 3 is 2.45 bits per heavy atom. The minimum Gasteiger partial charge on any atom is -0.368 e. The first-order valence-corrected chi connectivity index (χ1v) is 11.8. The van der Waals surface area contributed by atoms with Gasteiger partial charge in [-0.1, -0.05) is 24.3 Å². The van der Waals surface area contributed by atoms with Crippen molar-refractivity contribution in [2.75, 3.05) is 49.5 Å². The van der Waals surface area contributed by atoms with E-state index in [0.717, 1.165) is 18.8 Å². The van der Waals surface area contributed by atoms with Crippen LogP contribution in [-0.2, 0) is 9.59 Å². The van der Waals surface area contributed by atoms with Crippen LogP contribution in [0.1, 0.15) is 17.5 Å². The van der Waals surface area contributed by atoms with Crippen molar-refractivity contribution in [3.8, 4) is 0 Å². The molecule has 2 aliphatic heterocycles. The summed E-state index contributed by atoms with van der Waals surface area (Å²) in [6.45, 7) is 8.05. The van der Waals surface area contributed by atoms with Gasteiger partial charge in [-0.3, -0.25) is 9.59 Å². The zero-order chi connectivity index (χ0) is 23.4. The van der Waals surface area contributed by atoms with E-state index in [1.807, 2.05) is 46.2 Å². The van der Waals surface area contributed by atoms with Crippen molar-refractivity contribution in [2.45, 2.75) is 26.3 Å². The van der Waals surface area contributed by atoms with Crippen LogP contribution in [0.3, 0.4) is 0 Å². The average Bonchev–Trinajstić information content (AvgIpc) is 2.83. The normalized spacial score (nSPS) is 18.7. The molecule has 7 nitrogen and oxygen atoms in total. The molecular weight excluding hydrogens is 434 g/mol. The van der Waals surface area contributed by atoms with Gasteiger partial charge in [-0.25, -0.2) is 0 Å². The zero-order valence-electron chi connectivity index (χ0n) is 19.2. The highest BCUT2D eigenvalue weighted by Gasteiger charge is 2.35. The highest BCUT2D eigenvalue weighted by atomic mass is 32.1. The Morgan fingerprint density at radius 1 is 1.03 bits per heavy atom. The van der Waals surface area contributed by atoms with Crippen molar-refractivity contribution in [2.24, 2.45) is 0 Å². The third kappa shape index (κ3) is 5.45. The summed E-state index contributed by atoms with van der Waals surface area (Å²) < 4.78 is 0. The first-order chi connectivity index (χ1) is 15.9. The number of nitrogens with one attached hydrogen (secondary N) is 2. The third-order valence-corrected chi connectivity index (χ3v) is 6.81. The molecule has 2 aromatic carbocycles. The molecule has 174 valence electrons. The Kier molecular flexibility index (Phi) is 7.13. The molecule has 2 aliphatic rings. The summed E-state index contributed by atoms with van der Waals surface area (Å²) in [7, 11) is 0. The summed E-state index contributed by atoms with van der Waals surface area (Å²) in [6, 6.07) is 15.7. The van der Waals surface area contributed by atoms with Crippen molar-refractivity contribution >= 4 is 40.5 Å². The van der Waals surface area contributed by atoms with E-state index in [4.69, 9.17) is 12.2 Å². The number of benzene rings is 2. The minimum atomic E-state index is -0.607. The fraction of sp³-hybridized carbons (Fsp3) is 0.400. The van der Waals surface area contributed by atoms with Gasteiger partial charge in [0.2, 0.25) is 11.8 Å². The number of carbonyl (C=O) groups is 2. The summed E-state index contributed by atoms with van der Waals surface area (Å²) in [5.74, 6) is -0.162. The van der Waals surface area contributed by atoms with Gasteiger partial charge in [0.15, 0.2) is 5.11 Å². The van der Waals surface area contributed by atoms with Crippen LogP contribution in [0.15, 0.2) is 48.5 Å². The lowest BCUT2D eigenvalue weighted by atomic mass is 10.1. The molecule has 2 amide bonds. The number of rotatable bonds is 4. The molecule has 2 heterocycles. The Balaban J connectivity index is 1.37. The number of hydrogen-bond acceptors (Lipinski definition) is 4. The van der Waals surface area contributed by atoms with E-state index >= 15 is 0 Å². The standard InChI is InChI=1S/C25H31N5O2S/c1-18-8-9-20(16-19(18)2)27-25(33)30-11-10-26-24(32)22(30)17-23(31)29-14-12-28(13-15-29)21-6-4-3-5-7-21/h3-9,16,22H,10-15,17H2,1-2H3,(H,26,32)(H,27,33)/t22-/m0/s1. The van der Waals surface area contributed by atoms with Crippen molar-refractivity contribution in [1.82, 2.24) is 15.1 Å². The van der Waals surface area contributed by atoms with E-state index in [1.165, 1.54) is 16.8 Å².